The molecular weight excluding hydrogens is 312 g/mol. The van der Waals surface area contributed by atoms with E-state index in [9.17, 15) is 10.1 Å². The van der Waals surface area contributed by atoms with Gasteiger partial charge in [-0.15, -0.1) is 11.6 Å². The molecule has 1 aromatic carbocycles. The smallest absolute Gasteiger partial charge is 0.301 e. The van der Waals surface area contributed by atoms with E-state index in [0.717, 1.165) is 4.90 Å². The first kappa shape index (κ1) is 15.3. The molecule has 0 amide bonds. The Bertz CT molecular complexity index is 676. The van der Waals surface area contributed by atoms with Crippen LogP contribution >= 0.6 is 23.4 Å². The van der Waals surface area contributed by atoms with Crippen molar-refractivity contribution in [3.05, 3.63) is 52.7 Å². The van der Waals surface area contributed by atoms with Crippen molar-refractivity contribution >= 4 is 40.6 Å². The van der Waals surface area contributed by atoms with Crippen LogP contribution in [-0.2, 0) is 0 Å². The highest BCUT2D eigenvalue weighted by atomic mass is 35.5. The van der Waals surface area contributed by atoms with Crippen molar-refractivity contribution in [1.29, 1.82) is 0 Å². The molecule has 6 nitrogen and oxygen atoms in total. The zero-order chi connectivity index (χ0) is 15.2. The Morgan fingerprint density at radius 1 is 1.38 bits per heavy atom. The van der Waals surface area contributed by atoms with E-state index in [2.05, 4.69) is 9.98 Å². The summed E-state index contributed by atoms with van der Waals surface area (Å²) in [5.74, 6) is 0.494. The second-order valence-electron chi connectivity index (χ2n) is 3.92. The van der Waals surface area contributed by atoms with E-state index < -0.39 is 4.92 Å². The summed E-state index contributed by atoms with van der Waals surface area (Å²) >= 11 is 6.77. The molecule has 0 aliphatic rings. The first-order valence-electron chi connectivity index (χ1n) is 5.86. The number of aromatic nitrogens is 1. The summed E-state index contributed by atoms with van der Waals surface area (Å²) < 4.78 is 0. The number of nitro groups is 1. The number of benzene rings is 1. The average Bonchev–Trinajstić information content (AvgIpc) is 2.49. The number of alkyl halides is 1. The number of nitrogens with zero attached hydrogens (tertiary/aromatic N) is 3. The minimum absolute atomic E-state index is 0.0176. The van der Waals surface area contributed by atoms with Crippen molar-refractivity contribution in [1.82, 2.24) is 4.98 Å². The Kier molecular flexibility index (Phi) is 5.13. The summed E-state index contributed by atoms with van der Waals surface area (Å²) in [6.45, 7) is 0. The van der Waals surface area contributed by atoms with Gasteiger partial charge in [-0.1, -0.05) is 11.8 Å². The number of rotatable bonds is 5. The molecule has 0 atom stereocenters. The van der Waals surface area contributed by atoms with Gasteiger partial charge in [0.05, 0.1) is 16.5 Å². The Morgan fingerprint density at radius 2 is 2.10 bits per heavy atom. The van der Waals surface area contributed by atoms with Gasteiger partial charge in [0, 0.05) is 17.2 Å². The van der Waals surface area contributed by atoms with Crippen molar-refractivity contribution < 1.29 is 4.92 Å². The van der Waals surface area contributed by atoms with Gasteiger partial charge in [0.15, 0.2) is 5.03 Å². The lowest BCUT2D eigenvalue weighted by Crippen LogP contribution is -2.12. The van der Waals surface area contributed by atoms with E-state index in [1.54, 1.807) is 24.3 Å². The van der Waals surface area contributed by atoms with Gasteiger partial charge in [-0.25, -0.2) is 9.98 Å². The van der Waals surface area contributed by atoms with E-state index in [1.807, 2.05) is 0 Å². The Hall–Kier alpha value is -2.12. The fourth-order valence-electron chi connectivity index (χ4n) is 1.50. The van der Waals surface area contributed by atoms with Gasteiger partial charge in [0.25, 0.3) is 0 Å². The molecule has 2 aromatic rings. The summed E-state index contributed by atoms with van der Waals surface area (Å²) in [6, 6.07) is 10.1. The van der Waals surface area contributed by atoms with E-state index in [0.29, 0.717) is 16.5 Å². The first-order valence-corrected chi connectivity index (χ1v) is 7.21. The Balaban J connectivity index is 2.20. The predicted molar refractivity (Wildman–Crippen MR) is 83.5 cm³/mol. The topological polar surface area (TPSA) is 94.4 Å². The average molecular weight is 323 g/mol. The third-order valence-corrected chi connectivity index (χ3v) is 3.70. The zero-order valence-corrected chi connectivity index (χ0v) is 12.3. The molecule has 108 valence electrons. The Morgan fingerprint density at radius 3 is 2.71 bits per heavy atom. The molecule has 0 unspecified atom stereocenters. The first-order chi connectivity index (χ1) is 10.1. The largest absolute Gasteiger partial charge is 0.386 e. The standard InChI is InChI=1S/C13H11ClN4O2S/c14-8-12(15)17-9-3-5-10(6-4-9)21-13-11(18(19)20)2-1-7-16-13/h1-7H,8H2,(H2,15,17). The van der Waals surface area contributed by atoms with Crippen LogP contribution in [0.3, 0.4) is 0 Å². The molecule has 0 spiro atoms. The molecular formula is C13H11ClN4O2S. The fraction of sp³-hybridized carbons (Fsp3) is 0.0769. The van der Waals surface area contributed by atoms with Crippen molar-refractivity contribution in [2.75, 3.05) is 5.88 Å². The van der Waals surface area contributed by atoms with Crippen LogP contribution in [0.5, 0.6) is 0 Å². The molecule has 0 fully saturated rings. The molecule has 0 bridgehead atoms. The second kappa shape index (κ2) is 7.05. The number of halogens is 1. The molecule has 0 saturated carbocycles. The maximum Gasteiger partial charge on any atom is 0.301 e. The van der Waals surface area contributed by atoms with Gasteiger partial charge in [-0.05, 0) is 30.3 Å². The second-order valence-corrected chi connectivity index (χ2v) is 5.25. The number of hydrogen-bond acceptors (Lipinski definition) is 5. The van der Waals surface area contributed by atoms with Crippen LogP contribution in [0.1, 0.15) is 0 Å². The monoisotopic (exact) mass is 322 g/mol. The van der Waals surface area contributed by atoms with E-state index in [4.69, 9.17) is 17.3 Å². The van der Waals surface area contributed by atoms with Crippen molar-refractivity contribution in [2.45, 2.75) is 9.92 Å². The minimum Gasteiger partial charge on any atom is -0.386 e. The summed E-state index contributed by atoms with van der Waals surface area (Å²) in [5, 5.41) is 11.3. The highest BCUT2D eigenvalue weighted by Crippen LogP contribution is 2.33. The minimum atomic E-state index is -0.449. The third-order valence-electron chi connectivity index (χ3n) is 2.41. The lowest BCUT2D eigenvalue weighted by Gasteiger charge is -2.02. The van der Waals surface area contributed by atoms with E-state index >= 15 is 0 Å². The molecule has 21 heavy (non-hydrogen) atoms. The highest BCUT2D eigenvalue weighted by molar-refractivity contribution is 7.99. The van der Waals surface area contributed by atoms with Gasteiger partial charge in [0.1, 0.15) is 5.84 Å². The van der Waals surface area contributed by atoms with Crippen LogP contribution in [0.4, 0.5) is 11.4 Å². The number of nitrogens with two attached hydrogens (primary N) is 1. The molecule has 8 heteroatoms. The highest BCUT2D eigenvalue weighted by Gasteiger charge is 2.15. The third kappa shape index (κ3) is 4.17. The van der Waals surface area contributed by atoms with Gasteiger partial charge in [-0.2, -0.15) is 0 Å². The van der Waals surface area contributed by atoms with Gasteiger partial charge >= 0.3 is 5.69 Å². The predicted octanol–water partition coefficient (Wildman–Crippen LogP) is 3.37. The van der Waals surface area contributed by atoms with Gasteiger partial charge < -0.3 is 5.73 Å². The van der Waals surface area contributed by atoms with Gasteiger partial charge in [-0.3, -0.25) is 10.1 Å². The van der Waals surface area contributed by atoms with Crippen LogP contribution in [0.15, 0.2) is 57.5 Å². The van der Waals surface area contributed by atoms with Crippen LogP contribution in [0.25, 0.3) is 0 Å². The van der Waals surface area contributed by atoms with Crippen LogP contribution in [0.2, 0.25) is 0 Å². The normalized spacial score (nSPS) is 11.4. The molecule has 0 radical (unpaired) electrons. The van der Waals surface area contributed by atoms with Gasteiger partial charge in [0.2, 0.25) is 0 Å². The van der Waals surface area contributed by atoms with Crippen molar-refractivity contribution in [3.63, 3.8) is 0 Å². The van der Waals surface area contributed by atoms with Crippen LogP contribution < -0.4 is 5.73 Å². The molecule has 2 rings (SSSR count). The van der Waals surface area contributed by atoms with Crippen molar-refractivity contribution in [2.24, 2.45) is 10.7 Å². The molecule has 0 aliphatic carbocycles. The molecule has 2 N–H and O–H groups in total. The SMILES string of the molecule is NC(CCl)=Nc1ccc(Sc2ncccc2[N+](=O)[O-])cc1. The number of amidine groups is 1. The fourth-order valence-corrected chi connectivity index (χ4v) is 2.41. The van der Waals surface area contributed by atoms with Crippen LogP contribution in [-0.4, -0.2) is 21.6 Å². The Labute approximate surface area is 130 Å². The molecule has 0 saturated heterocycles. The van der Waals surface area contributed by atoms with E-state index in [-0.39, 0.29) is 11.6 Å². The summed E-state index contributed by atoms with van der Waals surface area (Å²) in [5.41, 5.74) is 6.20. The summed E-state index contributed by atoms with van der Waals surface area (Å²) in [4.78, 5) is 19.4. The molecule has 1 aromatic heterocycles. The quantitative estimate of drug-likeness (QED) is 0.299. The number of aliphatic imine (C=N–C) groups is 1. The lowest BCUT2D eigenvalue weighted by atomic mass is 10.3. The van der Waals surface area contributed by atoms with Crippen LogP contribution in [0, 0.1) is 10.1 Å². The molecule has 0 aliphatic heterocycles. The number of pyridine rings is 1. The maximum atomic E-state index is 10.9. The molecule has 1 heterocycles. The zero-order valence-electron chi connectivity index (χ0n) is 10.8. The van der Waals surface area contributed by atoms with Crippen molar-refractivity contribution in [3.8, 4) is 0 Å². The summed E-state index contributed by atoms with van der Waals surface area (Å²) in [6.07, 6.45) is 1.52. The van der Waals surface area contributed by atoms with E-state index in [1.165, 1.54) is 30.1 Å². The maximum absolute atomic E-state index is 10.9. The summed E-state index contributed by atoms with van der Waals surface area (Å²) in [7, 11) is 0. The number of hydrogen-bond donors (Lipinski definition) is 1. The lowest BCUT2D eigenvalue weighted by molar-refractivity contribution is -0.388.